The smallest absolute Gasteiger partial charge is 0.330 e. The second-order valence-corrected chi connectivity index (χ2v) is 7.07. The van der Waals surface area contributed by atoms with E-state index in [-0.39, 0.29) is 12.2 Å². The quantitative estimate of drug-likeness (QED) is 0.133. The summed E-state index contributed by atoms with van der Waals surface area (Å²) in [6.07, 6.45) is 13.8. The molecule has 0 fully saturated rings. The zero-order chi connectivity index (χ0) is 21.5. The molecule has 0 unspecified atom stereocenters. The summed E-state index contributed by atoms with van der Waals surface area (Å²) in [7, 11) is 0. The van der Waals surface area contributed by atoms with Gasteiger partial charge in [0.05, 0.1) is 0 Å². The van der Waals surface area contributed by atoms with E-state index in [0.29, 0.717) is 6.54 Å². The lowest BCUT2D eigenvalue weighted by Gasteiger charge is -2.12. The monoisotopic (exact) mass is 399 g/mol. The van der Waals surface area contributed by atoms with E-state index in [2.05, 4.69) is 36.1 Å². The van der Waals surface area contributed by atoms with Crippen LogP contribution in [0.2, 0.25) is 0 Å². The molecule has 6 nitrogen and oxygen atoms in total. The summed E-state index contributed by atoms with van der Waals surface area (Å²) in [4.78, 5) is 14.1. The van der Waals surface area contributed by atoms with Crippen LogP contribution >= 0.6 is 0 Å². The molecule has 0 aromatic carbocycles. The lowest BCUT2D eigenvalue weighted by Crippen LogP contribution is -2.38. The molecule has 0 rings (SSSR count). The molecule has 0 saturated carbocycles. The first kappa shape index (κ1) is 28.6. The zero-order valence-electron chi connectivity index (χ0n) is 18.6. The number of nitrogens with zero attached hydrogens (tertiary/aromatic N) is 1. The lowest BCUT2D eigenvalue weighted by molar-refractivity contribution is -0.132. The van der Waals surface area contributed by atoms with Crippen molar-refractivity contribution in [3.63, 3.8) is 0 Å². The van der Waals surface area contributed by atoms with Gasteiger partial charge < -0.3 is 20.8 Å². The molecule has 0 heterocycles. The minimum atomic E-state index is -0.935. The highest BCUT2D eigenvalue weighted by Crippen LogP contribution is 2.07. The molecule has 4 N–H and O–H groups in total. The molecule has 0 radical (unpaired) electrons. The van der Waals surface area contributed by atoms with Gasteiger partial charge >= 0.3 is 5.97 Å². The number of carbonyl (C=O) groups is 1. The predicted octanol–water partition coefficient (Wildman–Crippen LogP) is 4.49. The van der Waals surface area contributed by atoms with Crippen LogP contribution in [0.1, 0.15) is 91.4 Å². The third-order valence-corrected chi connectivity index (χ3v) is 4.10. The molecule has 166 valence electrons. The predicted molar refractivity (Wildman–Crippen MR) is 120 cm³/mol. The van der Waals surface area contributed by atoms with Gasteiger partial charge in [0.15, 0.2) is 5.96 Å². The Morgan fingerprint density at radius 2 is 1.32 bits per heavy atom. The van der Waals surface area contributed by atoms with Crippen molar-refractivity contribution in [2.45, 2.75) is 91.4 Å². The van der Waals surface area contributed by atoms with Crippen molar-refractivity contribution in [1.29, 1.82) is 0 Å². The molecule has 0 saturated heterocycles. The number of nitrogens with one attached hydrogen (secondary N) is 2. The largest absolute Gasteiger partial charge is 0.478 e. The summed E-state index contributed by atoms with van der Waals surface area (Å²) >= 11 is 0. The number of aliphatic hydroxyl groups excluding tert-OH is 1. The molecule has 6 heteroatoms. The molecular formula is C22H45N3O3. The van der Waals surface area contributed by atoms with Gasteiger partial charge in [0.2, 0.25) is 0 Å². The minimum Gasteiger partial charge on any atom is -0.478 e. The molecule has 28 heavy (non-hydrogen) atoms. The SMILES string of the molecule is C=C(C)C(=O)O.CCCCCCCCCCNC(=NCCCO)NCCCC. The van der Waals surface area contributed by atoms with Crippen LogP contribution in [-0.4, -0.2) is 48.4 Å². The van der Waals surface area contributed by atoms with Crippen molar-refractivity contribution in [1.82, 2.24) is 10.6 Å². The van der Waals surface area contributed by atoms with Crippen LogP contribution in [0.4, 0.5) is 0 Å². The highest BCUT2D eigenvalue weighted by molar-refractivity contribution is 5.84. The van der Waals surface area contributed by atoms with E-state index >= 15 is 0 Å². The number of guanidine groups is 1. The van der Waals surface area contributed by atoms with E-state index in [9.17, 15) is 4.79 Å². The van der Waals surface area contributed by atoms with Crippen molar-refractivity contribution < 1.29 is 15.0 Å². The number of hydrogen-bond acceptors (Lipinski definition) is 3. The van der Waals surface area contributed by atoms with Gasteiger partial charge in [-0.05, 0) is 26.2 Å². The standard InChI is InChI=1S/C18H39N3O.C4H6O2/c1-3-5-7-8-9-10-11-12-15-20-18(19-14-6-4-2)21-16-13-17-22;1-3(2)4(5)6/h22H,3-17H2,1-2H3,(H2,19,20,21);1H2,2H3,(H,5,6). The molecule has 0 amide bonds. The number of aliphatic carboxylic acids is 1. The number of aliphatic hydroxyl groups is 1. The molecule has 0 aromatic heterocycles. The summed E-state index contributed by atoms with van der Waals surface area (Å²) in [5.74, 6) is -0.0279. The first-order valence-electron chi connectivity index (χ1n) is 11.0. The summed E-state index contributed by atoms with van der Waals surface area (Å²) in [5, 5.41) is 23.5. The van der Waals surface area contributed by atoms with E-state index in [0.717, 1.165) is 25.5 Å². The number of carboxylic acids is 1. The molecule has 0 aliphatic rings. The second-order valence-electron chi connectivity index (χ2n) is 7.07. The van der Waals surface area contributed by atoms with Crippen LogP contribution in [-0.2, 0) is 4.79 Å². The number of hydrogen-bond donors (Lipinski definition) is 4. The molecule has 0 aromatic rings. The Hall–Kier alpha value is -1.56. The average Bonchev–Trinajstić information content (AvgIpc) is 2.67. The fourth-order valence-electron chi connectivity index (χ4n) is 2.29. The third-order valence-electron chi connectivity index (χ3n) is 4.10. The Kier molecular flexibility index (Phi) is 24.0. The summed E-state index contributed by atoms with van der Waals surface area (Å²) in [6.45, 7) is 11.9. The molecule has 0 aliphatic heterocycles. The molecule has 0 aliphatic carbocycles. The minimum absolute atomic E-state index is 0.176. The molecule has 0 atom stereocenters. The summed E-state index contributed by atoms with van der Waals surface area (Å²) in [6, 6.07) is 0. The Morgan fingerprint density at radius 3 is 1.79 bits per heavy atom. The second kappa shape index (κ2) is 23.5. The van der Waals surface area contributed by atoms with Gasteiger partial charge in [-0.25, -0.2) is 4.79 Å². The first-order chi connectivity index (χ1) is 13.5. The highest BCUT2D eigenvalue weighted by atomic mass is 16.4. The zero-order valence-corrected chi connectivity index (χ0v) is 18.6. The van der Waals surface area contributed by atoms with Gasteiger partial charge in [-0.15, -0.1) is 0 Å². The average molecular weight is 400 g/mol. The van der Waals surface area contributed by atoms with Gasteiger partial charge in [0, 0.05) is 31.8 Å². The maximum Gasteiger partial charge on any atom is 0.330 e. The molecule has 0 spiro atoms. The van der Waals surface area contributed by atoms with Gasteiger partial charge in [0.1, 0.15) is 0 Å². The van der Waals surface area contributed by atoms with Crippen LogP contribution in [0.3, 0.4) is 0 Å². The number of unbranched alkanes of at least 4 members (excludes halogenated alkanes) is 8. The Labute approximate surface area is 172 Å². The van der Waals surface area contributed by atoms with Crippen LogP contribution in [0.5, 0.6) is 0 Å². The lowest BCUT2D eigenvalue weighted by atomic mass is 10.1. The highest BCUT2D eigenvalue weighted by Gasteiger charge is 1.98. The first-order valence-corrected chi connectivity index (χ1v) is 11.0. The number of rotatable bonds is 16. The van der Waals surface area contributed by atoms with Crippen molar-refractivity contribution >= 4 is 11.9 Å². The van der Waals surface area contributed by atoms with E-state index in [1.54, 1.807) is 0 Å². The van der Waals surface area contributed by atoms with Gasteiger partial charge in [-0.3, -0.25) is 4.99 Å². The maximum atomic E-state index is 9.60. The van der Waals surface area contributed by atoms with Gasteiger partial charge in [0.25, 0.3) is 0 Å². The molecule has 0 bridgehead atoms. The van der Waals surface area contributed by atoms with Crippen LogP contribution in [0.25, 0.3) is 0 Å². The van der Waals surface area contributed by atoms with Crippen molar-refractivity contribution in [3.05, 3.63) is 12.2 Å². The fourth-order valence-corrected chi connectivity index (χ4v) is 2.29. The summed E-state index contributed by atoms with van der Waals surface area (Å²) in [5.41, 5.74) is 0.176. The van der Waals surface area contributed by atoms with E-state index in [4.69, 9.17) is 10.2 Å². The third kappa shape index (κ3) is 24.4. The topological polar surface area (TPSA) is 94.0 Å². The van der Waals surface area contributed by atoms with Gasteiger partial charge in [-0.1, -0.05) is 71.8 Å². The van der Waals surface area contributed by atoms with E-state index < -0.39 is 5.97 Å². The number of carboxylic acid groups (broad SMARTS) is 1. The summed E-state index contributed by atoms with van der Waals surface area (Å²) < 4.78 is 0. The normalized spacial score (nSPS) is 10.8. The molecular weight excluding hydrogens is 354 g/mol. The van der Waals surface area contributed by atoms with E-state index in [1.165, 1.54) is 71.1 Å². The van der Waals surface area contributed by atoms with Crippen molar-refractivity contribution in [2.75, 3.05) is 26.2 Å². The Balaban J connectivity index is 0. The van der Waals surface area contributed by atoms with Crippen molar-refractivity contribution in [2.24, 2.45) is 4.99 Å². The van der Waals surface area contributed by atoms with Crippen molar-refractivity contribution in [3.8, 4) is 0 Å². The van der Waals surface area contributed by atoms with E-state index in [1.807, 2.05) is 0 Å². The maximum absolute atomic E-state index is 9.60. The Bertz CT molecular complexity index is 386. The fraction of sp³-hybridized carbons (Fsp3) is 0.818. The van der Waals surface area contributed by atoms with Crippen LogP contribution in [0.15, 0.2) is 17.1 Å². The van der Waals surface area contributed by atoms with Crippen LogP contribution in [0, 0.1) is 0 Å². The Morgan fingerprint density at radius 1 is 0.857 bits per heavy atom. The van der Waals surface area contributed by atoms with Crippen LogP contribution < -0.4 is 10.6 Å². The number of aliphatic imine (C=N–C) groups is 1. The van der Waals surface area contributed by atoms with Gasteiger partial charge in [-0.2, -0.15) is 0 Å².